The molecular formula is C43H44F5N5O6. The van der Waals surface area contributed by atoms with Gasteiger partial charge < -0.3 is 19.3 Å². The second-order valence-corrected chi connectivity index (χ2v) is 14.6. The maximum absolute atomic E-state index is 14.6. The average molecular weight is 822 g/mol. The van der Waals surface area contributed by atoms with Crippen molar-refractivity contribution in [2.24, 2.45) is 0 Å². The first-order chi connectivity index (χ1) is 27.9. The molecule has 3 aromatic carbocycles. The van der Waals surface area contributed by atoms with Gasteiger partial charge in [-0.05, 0) is 85.7 Å². The minimum atomic E-state index is -4.45. The standard InChI is InChI=1S/C41H40F5N5O4.C2H4O2/c1-40(2,39(54)55-3)49-22-19-31(20-23-49)50(24-26-9-11-27(12-10-26)28-13-16-30(17-14-28)41(44,45)46)35(52)25-51-34(18-15-29-6-4-8-33(42)36(29)43)48-38(53)32-7-5-21-47-37(32)51;1-2(3)4/h4-14,16-17,21,31H,15,18-20,22-25H2,1-3H3;1H3,(H,3,4). The molecule has 0 aliphatic carbocycles. The number of piperidine rings is 1. The summed E-state index contributed by atoms with van der Waals surface area (Å²) in [6, 6.07) is 18.8. The number of aromatic nitrogens is 3. The van der Waals surface area contributed by atoms with Gasteiger partial charge in [0.15, 0.2) is 11.6 Å². The molecule has 0 atom stereocenters. The number of carbonyl (C=O) groups excluding carboxylic acids is 2. The van der Waals surface area contributed by atoms with E-state index in [9.17, 15) is 36.3 Å². The highest BCUT2D eigenvalue weighted by molar-refractivity contribution is 5.81. The van der Waals surface area contributed by atoms with Crippen molar-refractivity contribution in [2.45, 2.75) is 77.3 Å². The predicted octanol–water partition coefficient (Wildman–Crippen LogP) is 7.08. The van der Waals surface area contributed by atoms with Crippen molar-refractivity contribution in [2.75, 3.05) is 20.2 Å². The Bertz CT molecular complexity index is 2340. The Morgan fingerprint density at radius 1 is 0.898 bits per heavy atom. The number of ether oxygens (including phenoxy) is 1. The number of esters is 1. The van der Waals surface area contributed by atoms with Gasteiger partial charge in [0.05, 0.1) is 18.1 Å². The fourth-order valence-electron chi connectivity index (χ4n) is 7.10. The number of aryl methyl sites for hydroxylation is 2. The van der Waals surface area contributed by atoms with Gasteiger partial charge in [0.2, 0.25) is 5.91 Å². The number of hydrogen-bond acceptors (Lipinski definition) is 8. The van der Waals surface area contributed by atoms with Crippen molar-refractivity contribution in [3.63, 3.8) is 0 Å². The number of hydrogen-bond donors (Lipinski definition) is 1. The van der Waals surface area contributed by atoms with Crippen LogP contribution in [0.1, 0.15) is 56.1 Å². The van der Waals surface area contributed by atoms with E-state index in [1.165, 1.54) is 37.6 Å². The van der Waals surface area contributed by atoms with Gasteiger partial charge in [-0.3, -0.25) is 24.1 Å². The number of nitrogens with zero attached hydrogens (tertiary/aromatic N) is 5. The van der Waals surface area contributed by atoms with Crippen LogP contribution in [0.3, 0.4) is 0 Å². The summed E-state index contributed by atoms with van der Waals surface area (Å²) >= 11 is 0. The molecule has 1 amide bonds. The summed E-state index contributed by atoms with van der Waals surface area (Å²) in [5, 5.41) is 7.61. The molecule has 59 heavy (non-hydrogen) atoms. The third kappa shape index (κ3) is 10.7. The van der Waals surface area contributed by atoms with Gasteiger partial charge in [-0.25, -0.2) is 13.8 Å². The summed E-state index contributed by atoms with van der Waals surface area (Å²) in [5.74, 6) is -3.33. The number of likely N-dealkylation sites (tertiary alicyclic amines) is 1. The molecule has 1 N–H and O–H groups in total. The first-order valence-electron chi connectivity index (χ1n) is 18.8. The Labute approximate surface area is 337 Å². The molecule has 1 aliphatic heterocycles. The van der Waals surface area contributed by atoms with Crippen molar-refractivity contribution in [3.05, 3.63) is 130 Å². The van der Waals surface area contributed by atoms with Crippen LogP contribution in [0, 0.1) is 11.6 Å². The van der Waals surface area contributed by atoms with Crippen LogP contribution in [0.25, 0.3) is 22.2 Å². The number of carboxylic acids is 1. The minimum Gasteiger partial charge on any atom is -0.481 e. The molecule has 1 aliphatic rings. The molecule has 1 saturated heterocycles. The zero-order chi connectivity index (χ0) is 43.1. The molecule has 5 aromatic rings. The Morgan fingerprint density at radius 3 is 2.10 bits per heavy atom. The number of benzene rings is 3. The number of carbonyl (C=O) groups is 3. The lowest BCUT2D eigenvalue weighted by atomic mass is 9.95. The molecular weight excluding hydrogens is 777 g/mol. The number of alkyl halides is 3. The molecule has 0 saturated carbocycles. The van der Waals surface area contributed by atoms with E-state index in [4.69, 9.17) is 14.6 Å². The van der Waals surface area contributed by atoms with Gasteiger partial charge in [0.25, 0.3) is 11.5 Å². The first kappa shape index (κ1) is 44.1. The Kier molecular flexibility index (Phi) is 14.0. The van der Waals surface area contributed by atoms with Crippen LogP contribution in [0.15, 0.2) is 89.9 Å². The number of amides is 1. The summed E-state index contributed by atoms with van der Waals surface area (Å²) in [6.07, 6.45) is -1.87. The largest absolute Gasteiger partial charge is 0.481 e. The topological polar surface area (TPSA) is 135 Å². The van der Waals surface area contributed by atoms with Crippen LogP contribution in [-0.2, 0) is 51.2 Å². The second kappa shape index (κ2) is 18.7. The van der Waals surface area contributed by atoms with Gasteiger partial charge in [-0.15, -0.1) is 0 Å². The summed E-state index contributed by atoms with van der Waals surface area (Å²) in [4.78, 5) is 61.7. The van der Waals surface area contributed by atoms with Crippen LogP contribution >= 0.6 is 0 Å². The third-order valence-corrected chi connectivity index (χ3v) is 10.3. The maximum atomic E-state index is 14.6. The van der Waals surface area contributed by atoms with Gasteiger partial charge in [-0.1, -0.05) is 48.5 Å². The van der Waals surface area contributed by atoms with E-state index in [1.54, 1.807) is 47.6 Å². The SMILES string of the molecule is CC(=O)O.COC(=O)C(C)(C)N1CCC(N(Cc2ccc(-c3ccc(C(F)(F)F)cc3)cc2)C(=O)Cn2c(CCc3cccc(F)c3F)nc(=O)c3cccnc32)CC1. The van der Waals surface area contributed by atoms with Gasteiger partial charge >= 0.3 is 12.1 Å². The number of pyridine rings is 1. The molecule has 0 radical (unpaired) electrons. The van der Waals surface area contributed by atoms with Crippen LogP contribution in [0.5, 0.6) is 0 Å². The van der Waals surface area contributed by atoms with Crippen LogP contribution in [0.4, 0.5) is 22.0 Å². The maximum Gasteiger partial charge on any atom is 0.416 e. The highest BCUT2D eigenvalue weighted by Gasteiger charge is 2.39. The molecule has 11 nitrogen and oxygen atoms in total. The van der Waals surface area contributed by atoms with Crippen LogP contribution in [0.2, 0.25) is 0 Å². The molecule has 0 bridgehead atoms. The third-order valence-electron chi connectivity index (χ3n) is 10.3. The quantitative estimate of drug-likeness (QED) is 0.110. The van der Waals surface area contributed by atoms with Gasteiger partial charge in [-0.2, -0.15) is 18.2 Å². The van der Waals surface area contributed by atoms with Crippen molar-refractivity contribution in [1.82, 2.24) is 24.3 Å². The monoisotopic (exact) mass is 821 g/mol. The molecule has 0 unspecified atom stereocenters. The summed E-state index contributed by atoms with van der Waals surface area (Å²) < 4.78 is 74.6. The van der Waals surface area contributed by atoms with Crippen molar-refractivity contribution in [3.8, 4) is 11.1 Å². The number of fused-ring (bicyclic) bond motifs is 1. The zero-order valence-corrected chi connectivity index (χ0v) is 32.9. The Morgan fingerprint density at radius 2 is 1.51 bits per heavy atom. The molecule has 0 spiro atoms. The number of methoxy groups -OCH3 is 1. The van der Waals surface area contributed by atoms with Gasteiger partial charge in [0.1, 0.15) is 23.6 Å². The minimum absolute atomic E-state index is 0.00595. The molecule has 1 fully saturated rings. The van der Waals surface area contributed by atoms with E-state index in [0.29, 0.717) is 37.1 Å². The molecule has 3 heterocycles. The van der Waals surface area contributed by atoms with E-state index < -0.39 is 40.4 Å². The summed E-state index contributed by atoms with van der Waals surface area (Å²) in [6.45, 7) is 5.58. The zero-order valence-electron chi connectivity index (χ0n) is 32.9. The second-order valence-electron chi connectivity index (χ2n) is 14.6. The van der Waals surface area contributed by atoms with E-state index >= 15 is 0 Å². The molecule has 2 aromatic heterocycles. The summed E-state index contributed by atoms with van der Waals surface area (Å²) in [5.41, 5.74) is 0.195. The fraction of sp³-hybridized carbons (Fsp3) is 0.349. The van der Waals surface area contributed by atoms with Crippen molar-refractivity contribution < 1.29 is 46.2 Å². The first-order valence-corrected chi connectivity index (χ1v) is 18.8. The van der Waals surface area contributed by atoms with Crippen LogP contribution in [-0.4, -0.2) is 79.1 Å². The molecule has 312 valence electrons. The Hall–Kier alpha value is -6.03. The molecule has 16 heteroatoms. The average Bonchev–Trinajstić information content (AvgIpc) is 3.21. The number of rotatable bonds is 11. The van der Waals surface area contributed by atoms with E-state index in [1.807, 2.05) is 17.0 Å². The normalized spacial score (nSPS) is 13.7. The van der Waals surface area contributed by atoms with Crippen molar-refractivity contribution in [1.29, 1.82) is 0 Å². The number of carboxylic acid groups (broad SMARTS) is 1. The van der Waals surface area contributed by atoms with Gasteiger partial charge in [0, 0.05) is 45.2 Å². The van der Waals surface area contributed by atoms with Crippen molar-refractivity contribution >= 4 is 28.9 Å². The van der Waals surface area contributed by atoms with E-state index in [-0.39, 0.29) is 66.3 Å². The highest BCUT2D eigenvalue weighted by atomic mass is 19.4. The van der Waals surface area contributed by atoms with E-state index in [2.05, 4.69) is 9.97 Å². The lowest BCUT2D eigenvalue weighted by Gasteiger charge is -2.44. The smallest absolute Gasteiger partial charge is 0.416 e. The number of halogens is 5. The van der Waals surface area contributed by atoms with E-state index in [0.717, 1.165) is 30.7 Å². The number of aliphatic carboxylic acids is 1. The summed E-state index contributed by atoms with van der Waals surface area (Å²) in [7, 11) is 1.34. The lowest BCUT2D eigenvalue weighted by Crippen LogP contribution is -2.56. The Balaban J connectivity index is 0.00000158. The highest BCUT2D eigenvalue weighted by Crippen LogP contribution is 2.32. The fourth-order valence-corrected chi connectivity index (χ4v) is 7.10. The lowest BCUT2D eigenvalue weighted by molar-refractivity contribution is -0.155. The predicted molar refractivity (Wildman–Crippen MR) is 209 cm³/mol. The van der Waals surface area contributed by atoms with Crippen LogP contribution < -0.4 is 5.56 Å². The molecule has 6 rings (SSSR count).